The Morgan fingerprint density at radius 3 is 2.38 bits per heavy atom. The van der Waals surface area contributed by atoms with Crippen molar-refractivity contribution in [2.45, 2.75) is 38.9 Å². The summed E-state index contributed by atoms with van der Waals surface area (Å²) in [7, 11) is -1.40. The second kappa shape index (κ2) is 5.85. The average molecular weight is 236 g/mol. The lowest BCUT2D eigenvalue weighted by molar-refractivity contribution is -0.104. The highest BCUT2D eigenvalue weighted by molar-refractivity contribution is 6.90. The number of furan rings is 1. The second-order valence-electron chi connectivity index (χ2n) is 4.08. The summed E-state index contributed by atoms with van der Waals surface area (Å²) < 4.78 is 5.69. The molecule has 0 aliphatic rings. The molecule has 0 N–H and O–H groups in total. The number of carbonyl (C=O) groups is 1. The third-order valence-electron chi connectivity index (χ3n) is 3.54. The van der Waals surface area contributed by atoms with Crippen LogP contribution >= 0.6 is 0 Å². The summed E-state index contributed by atoms with van der Waals surface area (Å²) in [5, 5.41) is 1.17. The molecule has 3 heteroatoms. The lowest BCUT2D eigenvalue weighted by Crippen LogP contribution is -2.44. The molecule has 0 fully saturated rings. The molecule has 0 saturated heterocycles. The molecular formula is C13H20O2Si. The van der Waals surface area contributed by atoms with Gasteiger partial charge in [0.15, 0.2) is 0 Å². The summed E-state index contributed by atoms with van der Waals surface area (Å²) in [4.78, 5) is 10.2. The standard InChI is InChI=1S/C13H20O2Si/c1-4-16(5-2,6-3)13-10-12(11-15-13)8-7-9-14/h7-11H,4-6H2,1-3H3. The van der Waals surface area contributed by atoms with E-state index in [1.165, 1.54) is 29.6 Å². The molecule has 1 aromatic rings. The van der Waals surface area contributed by atoms with E-state index in [-0.39, 0.29) is 0 Å². The van der Waals surface area contributed by atoms with Crippen LogP contribution in [0.2, 0.25) is 18.1 Å². The fourth-order valence-electron chi connectivity index (χ4n) is 2.14. The summed E-state index contributed by atoms with van der Waals surface area (Å²) in [5.74, 6) is 0. The molecule has 0 bridgehead atoms. The Kier molecular flexibility index (Phi) is 4.74. The molecule has 0 spiro atoms. The van der Waals surface area contributed by atoms with Crippen LogP contribution in [0.4, 0.5) is 0 Å². The molecule has 88 valence electrons. The maximum absolute atomic E-state index is 10.2. The molecule has 1 aromatic heterocycles. The largest absolute Gasteiger partial charge is 0.474 e. The summed E-state index contributed by atoms with van der Waals surface area (Å²) in [5.41, 5.74) is 0.995. The smallest absolute Gasteiger partial charge is 0.142 e. The topological polar surface area (TPSA) is 30.2 Å². The molecule has 1 heterocycles. The maximum atomic E-state index is 10.2. The third-order valence-corrected chi connectivity index (χ3v) is 8.91. The van der Waals surface area contributed by atoms with Gasteiger partial charge >= 0.3 is 0 Å². The number of allylic oxidation sites excluding steroid dienone is 1. The van der Waals surface area contributed by atoms with E-state index in [1.807, 2.05) is 0 Å². The van der Waals surface area contributed by atoms with Crippen molar-refractivity contribution in [1.82, 2.24) is 0 Å². The average Bonchev–Trinajstić information content (AvgIpc) is 2.79. The van der Waals surface area contributed by atoms with Crippen LogP contribution in [0, 0.1) is 0 Å². The van der Waals surface area contributed by atoms with Gasteiger partial charge in [0.2, 0.25) is 0 Å². The first-order chi connectivity index (χ1) is 7.72. The number of carbonyl (C=O) groups excluding carboxylic acids is 1. The number of hydrogen-bond acceptors (Lipinski definition) is 2. The van der Waals surface area contributed by atoms with Crippen LogP contribution in [-0.2, 0) is 4.79 Å². The molecule has 0 aromatic carbocycles. The van der Waals surface area contributed by atoms with Crippen LogP contribution in [-0.4, -0.2) is 14.4 Å². The third kappa shape index (κ3) is 2.53. The van der Waals surface area contributed by atoms with E-state index in [0.717, 1.165) is 11.8 Å². The van der Waals surface area contributed by atoms with E-state index < -0.39 is 8.07 Å². The van der Waals surface area contributed by atoms with Crippen LogP contribution in [0.1, 0.15) is 26.3 Å². The zero-order chi connectivity index (χ0) is 12.0. The minimum absolute atomic E-state index is 0.789. The first-order valence-corrected chi connectivity index (χ1v) is 8.55. The zero-order valence-electron chi connectivity index (χ0n) is 10.3. The lowest BCUT2D eigenvalue weighted by atomic mass is 10.3. The Bertz CT molecular complexity index is 353. The van der Waals surface area contributed by atoms with Crippen molar-refractivity contribution in [1.29, 1.82) is 0 Å². The van der Waals surface area contributed by atoms with Crippen molar-refractivity contribution in [2.24, 2.45) is 0 Å². The van der Waals surface area contributed by atoms with E-state index >= 15 is 0 Å². The van der Waals surface area contributed by atoms with Gasteiger partial charge in [0.25, 0.3) is 0 Å². The minimum Gasteiger partial charge on any atom is -0.474 e. The van der Waals surface area contributed by atoms with Gasteiger partial charge in [-0.25, -0.2) is 0 Å². The molecule has 0 radical (unpaired) electrons. The fourth-order valence-corrected chi connectivity index (χ4v) is 5.47. The van der Waals surface area contributed by atoms with Crippen molar-refractivity contribution >= 4 is 25.8 Å². The van der Waals surface area contributed by atoms with Gasteiger partial charge in [-0.1, -0.05) is 38.9 Å². The molecular weight excluding hydrogens is 216 g/mol. The molecule has 0 aliphatic carbocycles. The zero-order valence-corrected chi connectivity index (χ0v) is 11.3. The van der Waals surface area contributed by atoms with E-state index in [2.05, 4.69) is 26.8 Å². The van der Waals surface area contributed by atoms with E-state index in [9.17, 15) is 4.79 Å². The summed E-state index contributed by atoms with van der Waals surface area (Å²) in [6.45, 7) is 6.76. The maximum Gasteiger partial charge on any atom is 0.142 e. The van der Waals surface area contributed by atoms with Crippen molar-refractivity contribution in [3.8, 4) is 0 Å². The van der Waals surface area contributed by atoms with Crippen LogP contribution in [0.5, 0.6) is 0 Å². The van der Waals surface area contributed by atoms with Gasteiger partial charge in [0, 0.05) is 5.56 Å². The summed E-state index contributed by atoms with van der Waals surface area (Å²) in [6.07, 6.45) is 5.83. The number of aldehydes is 1. The van der Waals surface area contributed by atoms with Gasteiger partial charge in [-0.15, -0.1) is 0 Å². The molecule has 16 heavy (non-hydrogen) atoms. The van der Waals surface area contributed by atoms with Crippen molar-refractivity contribution in [3.63, 3.8) is 0 Å². The molecule has 2 nitrogen and oxygen atoms in total. The van der Waals surface area contributed by atoms with E-state index in [1.54, 1.807) is 12.3 Å². The summed E-state index contributed by atoms with van der Waals surface area (Å²) >= 11 is 0. The normalized spacial score (nSPS) is 12.2. The van der Waals surface area contributed by atoms with Crippen LogP contribution < -0.4 is 5.38 Å². The number of rotatable bonds is 6. The fraction of sp³-hybridized carbons (Fsp3) is 0.462. The Balaban J connectivity index is 2.98. The molecule has 0 saturated carbocycles. The molecule has 1 rings (SSSR count). The second-order valence-corrected chi connectivity index (χ2v) is 9.26. The molecule has 0 atom stereocenters. The highest BCUT2D eigenvalue weighted by Crippen LogP contribution is 2.21. The predicted octanol–water partition coefficient (Wildman–Crippen LogP) is 3.21. The van der Waals surface area contributed by atoms with E-state index in [0.29, 0.717) is 0 Å². The van der Waals surface area contributed by atoms with Gasteiger partial charge in [0.1, 0.15) is 14.4 Å². The highest BCUT2D eigenvalue weighted by atomic mass is 28.3. The van der Waals surface area contributed by atoms with Crippen LogP contribution in [0.3, 0.4) is 0 Å². The lowest BCUT2D eigenvalue weighted by Gasteiger charge is -2.24. The van der Waals surface area contributed by atoms with Gasteiger partial charge in [-0.3, -0.25) is 4.79 Å². The molecule has 0 aliphatic heterocycles. The van der Waals surface area contributed by atoms with Gasteiger partial charge < -0.3 is 4.42 Å². The number of hydrogen-bond donors (Lipinski definition) is 0. The predicted molar refractivity (Wildman–Crippen MR) is 70.6 cm³/mol. The van der Waals surface area contributed by atoms with Crippen LogP contribution in [0.15, 0.2) is 22.8 Å². The molecule has 0 amide bonds. The Labute approximate surface area is 98.4 Å². The van der Waals surface area contributed by atoms with Crippen molar-refractivity contribution < 1.29 is 9.21 Å². The van der Waals surface area contributed by atoms with E-state index in [4.69, 9.17) is 4.42 Å². The first-order valence-electron chi connectivity index (χ1n) is 5.93. The Morgan fingerprint density at radius 1 is 1.25 bits per heavy atom. The van der Waals surface area contributed by atoms with Crippen molar-refractivity contribution in [2.75, 3.05) is 0 Å². The van der Waals surface area contributed by atoms with Crippen LogP contribution in [0.25, 0.3) is 6.08 Å². The Hall–Kier alpha value is -1.09. The van der Waals surface area contributed by atoms with Gasteiger partial charge in [-0.2, -0.15) is 0 Å². The first kappa shape index (κ1) is 13.0. The monoisotopic (exact) mass is 236 g/mol. The van der Waals surface area contributed by atoms with Gasteiger partial charge in [-0.05, 0) is 18.2 Å². The Morgan fingerprint density at radius 2 is 1.88 bits per heavy atom. The summed E-state index contributed by atoms with van der Waals surface area (Å²) in [6, 6.07) is 5.74. The molecule has 0 unspecified atom stereocenters. The van der Waals surface area contributed by atoms with Crippen molar-refractivity contribution in [3.05, 3.63) is 24.0 Å². The quantitative estimate of drug-likeness (QED) is 0.431. The minimum atomic E-state index is -1.40. The SMILES string of the molecule is CC[Si](CC)(CC)c1cc(C=CC=O)co1. The van der Waals surface area contributed by atoms with Gasteiger partial charge in [0.05, 0.1) is 11.6 Å². The highest BCUT2D eigenvalue weighted by Gasteiger charge is 2.32.